The second-order valence-corrected chi connectivity index (χ2v) is 4.91. The number of Topliss-reactive ketones (excluding diaryl/α,β-unsaturated/α-hetero) is 1. The van der Waals surface area contributed by atoms with Crippen LogP contribution in [0, 0.1) is 5.92 Å². The maximum absolute atomic E-state index is 11.9. The number of aliphatic carboxylic acids is 1. The topological polar surface area (TPSA) is 74.7 Å². The fourth-order valence-electron chi connectivity index (χ4n) is 2.18. The molecule has 0 aliphatic carbocycles. The highest BCUT2D eigenvalue weighted by atomic mass is 16.4. The molecule has 1 amide bonds. The molecule has 0 saturated heterocycles. The molecule has 1 aromatic rings. The monoisotopic (exact) mass is 261 g/mol. The molecule has 0 radical (unpaired) electrons. The van der Waals surface area contributed by atoms with E-state index >= 15 is 0 Å². The number of hydrogen-bond acceptors (Lipinski definition) is 3. The van der Waals surface area contributed by atoms with Gasteiger partial charge in [0.1, 0.15) is 6.54 Å². The Kier molecular flexibility index (Phi) is 3.38. The first kappa shape index (κ1) is 13.3. The van der Waals surface area contributed by atoms with Gasteiger partial charge in [0, 0.05) is 17.2 Å². The van der Waals surface area contributed by atoms with Crippen molar-refractivity contribution in [1.29, 1.82) is 0 Å². The summed E-state index contributed by atoms with van der Waals surface area (Å²) in [7, 11) is 0. The molecule has 0 unspecified atom stereocenters. The summed E-state index contributed by atoms with van der Waals surface area (Å²) in [5.41, 5.74) is 1.88. The van der Waals surface area contributed by atoms with Gasteiger partial charge in [0.2, 0.25) is 5.91 Å². The molecule has 0 bridgehead atoms. The predicted octanol–water partition coefficient (Wildman–Crippen LogP) is 1.50. The normalized spacial score (nSPS) is 13.8. The number of carbonyl (C=O) groups is 3. The van der Waals surface area contributed by atoms with Gasteiger partial charge in [-0.25, -0.2) is 0 Å². The zero-order valence-electron chi connectivity index (χ0n) is 10.8. The van der Waals surface area contributed by atoms with Crippen molar-refractivity contribution in [1.82, 2.24) is 0 Å². The zero-order chi connectivity index (χ0) is 14.2. The predicted molar refractivity (Wildman–Crippen MR) is 69.3 cm³/mol. The van der Waals surface area contributed by atoms with E-state index in [9.17, 15) is 14.4 Å². The van der Waals surface area contributed by atoms with Crippen LogP contribution >= 0.6 is 0 Å². The number of amides is 1. The van der Waals surface area contributed by atoms with Gasteiger partial charge in [0.15, 0.2) is 5.78 Å². The first-order chi connectivity index (χ1) is 8.90. The second kappa shape index (κ2) is 4.84. The number of anilines is 1. The van der Waals surface area contributed by atoms with Gasteiger partial charge in [-0.15, -0.1) is 0 Å². The highest BCUT2D eigenvalue weighted by Crippen LogP contribution is 2.30. The summed E-state index contributed by atoms with van der Waals surface area (Å²) in [5.74, 6) is -1.38. The smallest absolute Gasteiger partial charge is 0.323 e. The molecule has 1 aliphatic rings. The third-order valence-corrected chi connectivity index (χ3v) is 3.12. The van der Waals surface area contributed by atoms with Crippen LogP contribution in [0.4, 0.5) is 5.69 Å². The minimum Gasteiger partial charge on any atom is -0.480 e. The van der Waals surface area contributed by atoms with E-state index in [1.54, 1.807) is 18.2 Å². The largest absolute Gasteiger partial charge is 0.480 e. The van der Waals surface area contributed by atoms with Crippen molar-refractivity contribution in [3.05, 3.63) is 29.3 Å². The molecule has 1 aliphatic heterocycles. The Morgan fingerprint density at radius 2 is 2.05 bits per heavy atom. The molecule has 1 aromatic carbocycles. The van der Waals surface area contributed by atoms with Crippen LogP contribution < -0.4 is 4.90 Å². The Balaban J connectivity index is 2.34. The SMILES string of the molecule is CC(C)C(=O)c1ccc2c(c1)CC(=O)N2CC(=O)O. The summed E-state index contributed by atoms with van der Waals surface area (Å²) in [5, 5.41) is 8.78. The van der Waals surface area contributed by atoms with Gasteiger partial charge >= 0.3 is 5.97 Å². The first-order valence-corrected chi connectivity index (χ1v) is 6.09. The van der Waals surface area contributed by atoms with Crippen molar-refractivity contribution in [3.63, 3.8) is 0 Å². The summed E-state index contributed by atoms with van der Waals surface area (Å²) in [4.78, 5) is 35.6. The Hall–Kier alpha value is -2.17. The third-order valence-electron chi connectivity index (χ3n) is 3.12. The summed E-state index contributed by atoms with van der Waals surface area (Å²) >= 11 is 0. The van der Waals surface area contributed by atoms with E-state index in [2.05, 4.69) is 0 Å². The van der Waals surface area contributed by atoms with Gasteiger partial charge in [0.25, 0.3) is 0 Å². The Labute approximate surface area is 110 Å². The van der Waals surface area contributed by atoms with E-state index in [4.69, 9.17) is 5.11 Å². The van der Waals surface area contributed by atoms with Gasteiger partial charge in [-0.3, -0.25) is 14.4 Å². The molecular formula is C14H15NO4. The van der Waals surface area contributed by atoms with Gasteiger partial charge < -0.3 is 10.0 Å². The van der Waals surface area contributed by atoms with Crippen LogP contribution in [0.2, 0.25) is 0 Å². The van der Waals surface area contributed by atoms with Gasteiger partial charge in [-0.05, 0) is 23.8 Å². The van der Waals surface area contributed by atoms with E-state index in [1.807, 2.05) is 13.8 Å². The Morgan fingerprint density at radius 1 is 1.37 bits per heavy atom. The van der Waals surface area contributed by atoms with Gasteiger partial charge in [-0.2, -0.15) is 0 Å². The number of carbonyl (C=O) groups excluding carboxylic acids is 2. The third kappa shape index (κ3) is 2.50. The van der Waals surface area contributed by atoms with Crippen LogP contribution in [0.15, 0.2) is 18.2 Å². The van der Waals surface area contributed by atoms with E-state index in [0.29, 0.717) is 11.3 Å². The lowest BCUT2D eigenvalue weighted by Crippen LogP contribution is -2.32. The van der Waals surface area contributed by atoms with Crippen LogP contribution in [-0.2, 0) is 16.0 Å². The van der Waals surface area contributed by atoms with E-state index < -0.39 is 5.97 Å². The molecule has 0 atom stereocenters. The van der Waals surface area contributed by atoms with Crippen LogP contribution in [0.3, 0.4) is 0 Å². The van der Waals surface area contributed by atoms with Crippen LogP contribution in [0.5, 0.6) is 0 Å². The molecular weight excluding hydrogens is 246 g/mol. The van der Waals surface area contributed by atoms with Crippen LogP contribution in [0.25, 0.3) is 0 Å². The molecule has 5 nitrogen and oxygen atoms in total. The van der Waals surface area contributed by atoms with Crippen molar-refractivity contribution in [3.8, 4) is 0 Å². The summed E-state index contributed by atoms with van der Waals surface area (Å²) < 4.78 is 0. The average Bonchev–Trinajstić information content (AvgIpc) is 2.63. The number of ketones is 1. The number of benzene rings is 1. The second-order valence-electron chi connectivity index (χ2n) is 4.91. The summed E-state index contributed by atoms with van der Waals surface area (Å²) in [6, 6.07) is 4.99. The van der Waals surface area contributed by atoms with Crippen molar-refractivity contribution in [2.45, 2.75) is 20.3 Å². The maximum atomic E-state index is 11.9. The van der Waals surface area contributed by atoms with E-state index in [-0.39, 0.29) is 30.6 Å². The highest BCUT2D eigenvalue weighted by molar-refractivity contribution is 6.06. The summed E-state index contributed by atoms with van der Waals surface area (Å²) in [6.45, 7) is 3.29. The fourth-order valence-corrected chi connectivity index (χ4v) is 2.18. The molecule has 0 aromatic heterocycles. The Bertz CT molecular complexity index is 563. The number of fused-ring (bicyclic) bond motifs is 1. The number of hydrogen-bond donors (Lipinski definition) is 1. The summed E-state index contributed by atoms with van der Waals surface area (Å²) in [6.07, 6.45) is 0.155. The first-order valence-electron chi connectivity index (χ1n) is 6.09. The highest BCUT2D eigenvalue weighted by Gasteiger charge is 2.29. The fraction of sp³-hybridized carbons (Fsp3) is 0.357. The van der Waals surface area contributed by atoms with Crippen molar-refractivity contribution in [2.24, 2.45) is 5.92 Å². The lowest BCUT2D eigenvalue weighted by Gasteiger charge is -2.15. The quantitative estimate of drug-likeness (QED) is 0.833. The lowest BCUT2D eigenvalue weighted by molar-refractivity contribution is -0.136. The Morgan fingerprint density at radius 3 is 2.63 bits per heavy atom. The van der Waals surface area contributed by atoms with Gasteiger partial charge in [0.05, 0.1) is 6.42 Å². The molecule has 2 rings (SSSR count). The van der Waals surface area contributed by atoms with Crippen molar-refractivity contribution in [2.75, 3.05) is 11.4 Å². The van der Waals surface area contributed by atoms with Crippen LogP contribution in [0.1, 0.15) is 29.8 Å². The maximum Gasteiger partial charge on any atom is 0.323 e. The molecule has 0 fully saturated rings. The molecule has 5 heteroatoms. The zero-order valence-corrected chi connectivity index (χ0v) is 10.8. The molecule has 100 valence electrons. The van der Waals surface area contributed by atoms with Crippen LogP contribution in [-0.4, -0.2) is 29.3 Å². The van der Waals surface area contributed by atoms with Gasteiger partial charge in [-0.1, -0.05) is 13.8 Å². The van der Waals surface area contributed by atoms with Crippen molar-refractivity contribution < 1.29 is 19.5 Å². The number of carboxylic acid groups (broad SMARTS) is 1. The number of nitrogens with zero attached hydrogens (tertiary/aromatic N) is 1. The molecule has 1 heterocycles. The van der Waals surface area contributed by atoms with E-state index in [1.165, 1.54) is 4.90 Å². The molecule has 1 N–H and O–H groups in total. The van der Waals surface area contributed by atoms with E-state index in [0.717, 1.165) is 5.56 Å². The molecule has 19 heavy (non-hydrogen) atoms. The minimum absolute atomic E-state index is 0.0203. The molecule has 0 saturated carbocycles. The standard InChI is InChI=1S/C14H15NO4/c1-8(2)14(19)9-3-4-11-10(5-9)6-12(16)15(11)7-13(17)18/h3-5,8H,6-7H2,1-2H3,(H,17,18). The minimum atomic E-state index is -1.05. The van der Waals surface area contributed by atoms with Crippen molar-refractivity contribution >= 4 is 23.3 Å². The number of rotatable bonds is 4. The lowest BCUT2D eigenvalue weighted by atomic mass is 9.98. The molecule has 0 spiro atoms. The average molecular weight is 261 g/mol. The number of carboxylic acids is 1.